The Morgan fingerprint density at radius 3 is 1.25 bits per heavy atom. The topological polar surface area (TPSA) is 69.7 Å². The van der Waals surface area contributed by atoms with Gasteiger partial charge in [0.1, 0.15) is 17.2 Å². The lowest BCUT2D eigenvalue weighted by atomic mass is 9.77. The highest BCUT2D eigenvalue weighted by atomic mass is 16.4. The van der Waals surface area contributed by atoms with E-state index in [-0.39, 0.29) is 21.7 Å². The minimum atomic E-state index is -0.303. The molecule has 44 heavy (non-hydrogen) atoms. The summed E-state index contributed by atoms with van der Waals surface area (Å²) in [5.41, 5.74) is 6.65. The van der Waals surface area contributed by atoms with E-state index in [1.165, 1.54) is 0 Å². The number of hydrogen-bond donors (Lipinski definition) is 2. The van der Waals surface area contributed by atoms with Gasteiger partial charge in [-0.2, -0.15) is 0 Å². The lowest BCUT2D eigenvalue weighted by Crippen LogP contribution is -2.17. The van der Waals surface area contributed by atoms with E-state index in [4.69, 9.17) is 9.40 Å². The molecule has 4 rings (SSSR count). The molecule has 0 aliphatic rings. The number of phenols is 2. The molecule has 0 atom stereocenters. The van der Waals surface area contributed by atoms with E-state index in [1.807, 2.05) is 38.4 Å². The maximum absolute atomic E-state index is 11.5. The zero-order valence-corrected chi connectivity index (χ0v) is 29.3. The van der Waals surface area contributed by atoms with Gasteiger partial charge in [0.25, 0.3) is 0 Å². The molecule has 236 valence electrons. The Labute approximate surface area is 265 Å². The molecule has 0 saturated carbocycles. The minimum absolute atomic E-state index is 0.299. The van der Waals surface area contributed by atoms with Crippen LogP contribution in [0.1, 0.15) is 105 Å². The largest absolute Gasteiger partial charge is 0.507 e. The number of anilines is 1. The van der Waals surface area contributed by atoms with Crippen LogP contribution in [0.2, 0.25) is 0 Å². The number of aromatic nitrogens is 1. The first-order valence-electron chi connectivity index (χ1n) is 15.6. The summed E-state index contributed by atoms with van der Waals surface area (Å²) in [4.78, 5) is 7.22. The van der Waals surface area contributed by atoms with Crippen LogP contribution in [0.5, 0.6) is 11.5 Å². The van der Waals surface area contributed by atoms with Crippen molar-refractivity contribution in [3.8, 4) is 45.5 Å². The molecule has 0 radical (unpaired) electrons. The molecule has 5 heteroatoms. The Morgan fingerprint density at radius 2 is 0.909 bits per heavy atom. The number of benzene rings is 3. The van der Waals surface area contributed by atoms with Gasteiger partial charge in [0, 0.05) is 58.7 Å². The van der Waals surface area contributed by atoms with Crippen molar-refractivity contribution in [3.05, 3.63) is 70.8 Å². The van der Waals surface area contributed by atoms with Crippen molar-refractivity contribution in [2.75, 3.05) is 19.0 Å². The molecule has 2 N–H and O–H groups in total. The number of aromatic hydroxyl groups is 2. The molecule has 0 spiro atoms. The van der Waals surface area contributed by atoms with Gasteiger partial charge in [0.05, 0.1) is 0 Å². The molecule has 0 aliphatic heterocycles. The second kappa shape index (κ2) is 11.0. The number of hydrogen-bond acceptors (Lipinski definition) is 5. The Bertz CT molecular complexity index is 1490. The lowest BCUT2D eigenvalue weighted by molar-refractivity contribution is 0.422. The van der Waals surface area contributed by atoms with Crippen LogP contribution < -0.4 is 4.90 Å². The fraction of sp³-hybridized carbons (Fsp3) is 0.462. The van der Waals surface area contributed by atoms with Crippen LogP contribution in [0.3, 0.4) is 0 Å². The van der Waals surface area contributed by atoms with Gasteiger partial charge in [-0.25, -0.2) is 4.98 Å². The van der Waals surface area contributed by atoms with Crippen molar-refractivity contribution in [1.29, 1.82) is 0 Å². The Kier molecular flexibility index (Phi) is 8.30. The first-order valence-corrected chi connectivity index (χ1v) is 15.6. The summed E-state index contributed by atoms with van der Waals surface area (Å²) in [5, 5.41) is 23.0. The Morgan fingerprint density at radius 1 is 0.545 bits per heavy atom. The normalized spacial score (nSPS) is 13.0. The Hall–Kier alpha value is -3.73. The molecule has 0 saturated heterocycles. The average molecular weight is 597 g/mol. The maximum Gasteiger partial charge on any atom is 0.227 e. The summed E-state index contributed by atoms with van der Waals surface area (Å²) in [6.45, 7) is 25.4. The fourth-order valence-electron chi connectivity index (χ4n) is 5.56. The molecule has 0 aliphatic carbocycles. The molecular weight excluding hydrogens is 544 g/mol. The van der Waals surface area contributed by atoms with Crippen molar-refractivity contribution < 1.29 is 14.6 Å². The standard InChI is InChI=1S/C39H52N2O3/c1-36(2,3)27-19-24(20-28(32(27)42)37(4,5)6)31-34(44-35(40-31)23-15-17-26(18-16-23)41(13)14)25-21-29(38(7,8)9)33(43)30(22-25)39(10,11)12/h15-22,42-43H,1-14H3. The number of rotatable bonds is 4. The SMILES string of the molecule is CN(C)c1ccc(-c2nc(-c3cc(C(C)(C)C)c(O)c(C(C)(C)C)c3)c(-c3cc(C(C)(C)C)c(O)c(C(C)(C)C)c3)o2)cc1. The molecule has 0 bridgehead atoms. The van der Waals surface area contributed by atoms with Crippen molar-refractivity contribution in [2.24, 2.45) is 0 Å². The highest BCUT2D eigenvalue weighted by Crippen LogP contribution is 2.47. The van der Waals surface area contributed by atoms with E-state index in [1.54, 1.807) is 0 Å². The number of oxazole rings is 1. The first kappa shape index (κ1) is 33.2. The molecule has 0 unspecified atom stereocenters. The van der Waals surface area contributed by atoms with Crippen LogP contribution >= 0.6 is 0 Å². The van der Waals surface area contributed by atoms with E-state index in [2.05, 4.69) is 112 Å². The zero-order valence-electron chi connectivity index (χ0n) is 29.3. The van der Waals surface area contributed by atoms with Gasteiger partial charge in [-0.3, -0.25) is 0 Å². The van der Waals surface area contributed by atoms with E-state index in [0.717, 1.165) is 44.6 Å². The molecule has 5 nitrogen and oxygen atoms in total. The second-order valence-corrected chi connectivity index (χ2v) is 16.5. The van der Waals surface area contributed by atoms with Gasteiger partial charge in [0.15, 0.2) is 5.76 Å². The van der Waals surface area contributed by atoms with Crippen LogP contribution in [0.15, 0.2) is 52.9 Å². The van der Waals surface area contributed by atoms with Gasteiger partial charge < -0.3 is 19.5 Å². The molecule has 1 aromatic heterocycles. The van der Waals surface area contributed by atoms with Crippen LogP contribution in [0.4, 0.5) is 5.69 Å². The van der Waals surface area contributed by atoms with E-state index in [9.17, 15) is 10.2 Å². The molecule has 4 aromatic rings. The van der Waals surface area contributed by atoms with Gasteiger partial charge in [-0.15, -0.1) is 0 Å². The average Bonchev–Trinajstić information content (AvgIpc) is 3.32. The quantitative estimate of drug-likeness (QED) is 0.245. The van der Waals surface area contributed by atoms with E-state index in [0.29, 0.717) is 28.8 Å². The third-order valence-electron chi connectivity index (χ3n) is 8.25. The Balaban J connectivity index is 2.12. The lowest BCUT2D eigenvalue weighted by Gasteiger charge is -2.28. The summed E-state index contributed by atoms with van der Waals surface area (Å²) in [6.07, 6.45) is 0. The monoisotopic (exact) mass is 596 g/mol. The summed E-state index contributed by atoms with van der Waals surface area (Å²) in [6, 6.07) is 16.4. The van der Waals surface area contributed by atoms with Crippen molar-refractivity contribution in [2.45, 2.75) is 105 Å². The summed E-state index contributed by atoms with van der Waals surface area (Å²) in [7, 11) is 4.04. The molecule has 0 fully saturated rings. The molecular formula is C39H52N2O3. The minimum Gasteiger partial charge on any atom is -0.507 e. The maximum atomic E-state index is 11.5. The van der Waals surface area contributed by atoms with Crippen LogP contribution in [0, 0.1) is 0 Å². The van der Waals surface area contributed by atoms with Crippen molar-refractivity contribution in [3.63, 3.8) is 0 Å². The third-order valence-corrected chi connectivity index (χ3v) is 8.25. The van der Waals surface area contributed by atoms with Crippen LogP contribution in [0.25, 0.3) is 34.0 Å². The highest BCUT2D eigenvalue weighted by Gasteiger charge is 2.31. The van der Waals surface area contributed by atoms with Crippen molar-refractivity contribution >= 4 is 5.69 Å². The molecule has 1 heterocycles. The van der Waals surface area contributed by atoms with E-state index < -0.39 is 0 Å². The number of phenolic OH excluding ortho intramolecular Hbond substituents is 2. The van der Waals surface area contributed by atoms with Crippen molar-refractivity contribution in [1.82, 2.24) is 4.98 Å². The summed E-state index contributed by atoms with van der Waals surface area (Å²) in [5.74, 6) is 1.81. The highest BCUT2D eigenvalue weighted by molar-refractivity contribution is 5.82. The van der Waals surface area contributed by atoms with Gasteiger partial charge in [-0.1, -0.05) is 83.1 Å². The predicted octanol–water partition coefficient (Wildman–Crippen LogP) is 10.3. The first-order chi connectivity index (χ1) is 20.0. The van der Waals surface area contributed by atoms with Gasteiger partial charge in [0.2, 0.25) is 5.89 Å². The summed E-state index contributed by atoms with van der Waals surface area (Å²) < 4.78 is 6.73. The van der Waals surface area contributed by atoms with Gasteiger partial charge in [-0.05, 0) is 70.2 Å². The predicted molar refractivity (Wildman–Crippen MR) is 185 cm³/mol. The smallest absolute Gasteiger partial charge is 0.227 e. The van der Waals surface area contributed by atoms with Gasteiger partial charge >= 0.3 is 0 Å². The molecule has 3 aromatic carbocycles. The van der Waals surface area contributed by atoms with Crippen LogP contribution in [-0.4, -0.2) is 29.3 Å². The molecule has 0 amide bonds. The van der Waals surface area contributed by atoms with Crippen LogP contribution in [-0.2, 0) is 21.7 Å². The fourth-order valence-corrected chi connectivity index (χ4v) is 5.56. The second-order valence-electron chi connectivity index (χ2n) is 16.5. The van der Waals surface area contributed by atoms with E-state index >= 15 is 0 Å². The third kappa shape index (κ3) is 6.52. The summed E-state index contributed by atoms with van der Waals surface area (Å²) >= 11 is 0. The zero-order chi connectivity index (χ0) is 33.2. The number of nitrogens with zero attached hydrogens (tertiary/aromatic N) is 2.